The Hall–Kier alpha value is -5.08. The Morgan fingerprint density at radius 3 is 1.90 bits per heavy atom. The zero-order valence-corrected chi connectivity index (χ0v) is 48.5. The lowest BCUT2D eigenvalue weighted by Crippen LogP contribution is -2.62. The predicted molar refractivity (Wildman–Crippen MR) is 311 cm³/mol. The number of Topliss-reactive ketones (excluding diaryl/α,β-unsaturated/α-hetero) is 2. The van der Waals surface area contributed by atoms with E-state index in [4.69, 9.17) is 24.7 Å². The van der Waals surface area contributed by atoms with Crippen LogP contribution in [0.2, 0.25) is 0 Å². The highest BCUT2D eigenvalue weighted by Crippen LogP contribution is 2.38. The van der Waals surface area contributed by atoms with E-state index in [1.165, 1.54) is 0 Å². The second kappa shape index (κ2) is 36.0. The number of carbonyl (C=O) groups excluding carboxylic acids is 4. The van der Waals surface area contributed by atoms with Crippen LogP contribution in [-0.4, -0.2) is 186 Å². The van der Waals surface area contributed by atoms with Gasteiger partial charge in [-0.15, -0.1) is 0 Å². The molecule has 1 aromatic carbocycles. The number of rotatable bonds is 13. The molecule has 0 radical (unpaired) electrons. The molecule has 3 aliphatic heterocycles. The molecule has 21 heteroatoms. The molecule has 1 aromatic rings. The first-order chi connectivity index (χ1) is 39.4. The summed E-state index contributed by atoms with van der Waals surface area (Å²) in [6.07, 6.45) is 4.08. The molecule has 19 atom stereocenters. The highest BCUT2D eigenvalue weighted by molar-refractivity contribution is 5.96. The van der Waals surface area contributed by atoms with Crippen molar-refractivity contribution in [2.24, 2.45) is 23.5 Å². The number of cyclic esters (lactones) is 1. The van der Waals surface area contributed by atoms with Crippen LogP contribution in [-0.2, 0) is 33.3 Å². The van der Waals surface area contributed by atoms with Crippen LogP contribution in [0.3, 0.4) is 0 Å². The van der Waals surface area contributed by atoms with E-state index >= 15 is 0 Å². The van der Waals surface area contributed by atoms with Crippen LogP contribution in [0.4, 0.5) is 5.69 Å². The van der Waals surface area contributed by atoms with Crippen molar-refractivity contribution in [2.75, 3.05) is 18.9 Å². The number of benzene rings is 1. The summed E-state index contributed by atoms with van der Waals surface area (Å²) < 4.78 is 24.2. The van der Waals surface area contributed by atoms with Crippen molar-refractivity contribution in [2.45, 2.75) is 209 Å². The summed E-state index contributed by atoms with van der Waals surface area (Å²) >= 11 is 0. The quantitative estimate of drug-likeness (QED) is 0.0996. The molecule has 0 aliphatic carbocycles. The third-order valence-electron chi connectivity index (χ3n) is 14.9. The lowest BCUT2D eigenvalue weighted by atomic mass is 9.82. The Morgan fingerprint density at radius 2 is 1.30 bits per heavy atom. The molecule has 14 N–H and O–H groups in total. The van der Waals surface area contributed by atoms with Crippen LogP contribution in [0.25, 0.3) is 0 Å². The van der Waals surface area contributed by atoms with Crippen LogP contribution >= 0.6 is 0 Å². The van der Waals surface area contributed by atoms with Gasteiger partial charge in [0.15, 0.2) is 17.9 Å². The average Bonchev–Trinajstić information content (AvgIpc) is 3.54. The highest BCUT2D eigenvalue weighted by Gasteiger charge is 2.51. The fraction of sp³-hybridized carbons (Fsp3) is 0.613. The van der Waals surface area contributed by atoms with Crippen molar-refractivity contribution in [3.05, 3.63) is 115 Å². The Bertz CT molecular complexity index is 2360. The van der Waals surface area contributed by atoms with E-state index in [2.05, 4.69) is 10.6 Å². The molecule has 0 spiro atoms. The third-order valence-corrected chi connectivity index (χ3v) is 14.9. The lowest BCUT2D eigenvalue weighted by Gasteiger charge is -2.46. The minimum Gasteiger partial charge on any atom is -0.461 e. The van der Waals surface area contributed by atoms with Gasteiger partial charge in [-0.3, -0.25) is 19.2 Å². The van der Waals surface area contributed by atoms with Gasteiger partial charge >= 0.3 is 5.97 Å². The van der Waals surface area contributed by atoms with E-state index in [1.807, 2.05) is 26.8 Å². The van der Waals surface area contributed by atoms with Crippen molar-refractivity contribution < 1.29 is 89.2 Å². The largest absolute Gasteiger partial charge is 0.461 e. The molecule has 0 saturated carbocycles. The number of esters is 1. The number of ether oxygens (including phenoxy) is 4. The number of aliphatic hydroxyl groups excluding tert-OH is 9. The van der Waals surface area contributed by atoms with Gasteiger partial charge in [-0.05, 0) is 75.6 Å². The number of hydrogen-bond donors (Lipinski definition) is 13. The lowest BCUT2D eigenvalue weighted by molar-refractivity contribution is -0.307. The Morgan fingerprint density at radius 1 is 0.735 bits per heavy atom. The fourth-order valence-electron chi connectivity index (χ4n) is 10.4. The van der Waals surface area contributed by atoms with Crippen molar-refractivity contribution in [1.29, 1.82) is 0 Å². The first kappa shape index (κ1) is 70.4. The van der Waals surface area contributed by atoms with Crippen LogP contribution in [0.5, 0.6) is 0 Å². The normalized spacial score (nSPS) is 37.1. The van der Waals surface area contributed by atoms with Crippen LogP contribution < -0.4 is 16.4 Å². The predicted octanol–water partition coefficient (Wildman–Crippen LogP) is 3.19. The molecule has 3 heterocycles. The summed E-state index contributed by atoms with van der Waals surface area (Å²) in [5, 5.41) is 116. The zero-order chi connectivity index (χ0) is 61.2. The smallest absolute Gasteiger partial charge is 0.308 e. The monoisotopic (exact) mass is 1170 g/mol. The SMILES string of the molecule is CCCNC(=O)C1C(O)CC2(O)CC(O)CC(O)CC(O)CC(O)CC(=O)CC(O)CC(=O)OC(C(C)CCC(O)CC(=O)c3ccc(NC)cc3)C(C)/C=C/C=C/C=C/C=C/C=C/C=C/C=C/C(O[C@@H]3O[C@H](C)[C@@H](O)[C@H](N)[C@@H]3O)CC1O2. The van der Waals surface area contributed by atoms with Crippen molar-refractivity contribution in [3.8, 4) is 0 Å². The Labute approximate surface area is 488 Å². The molecule has 464 valence electrons. The molecule has 83 heavy (non-hydrogen) atoms. The molecule has 2 saturated heterocycles. The summed E-state index contributed by atoms with van der Waals surface area (Å²) in [5.41, 5.74) is 7.43. The minimum atomic E-state index is -2.26. The van der Waals surface area contributed by atoms with Gasteiger partial charge in [0.25, 0.3) is 0 Å². The van der Waals surface area contributed by atoms with Crippen molar-refractivity contribution in [3.63, 3.8) is 0 Å². The topological polar surface area (TPSA) is 358 Å². The Balaban J connectivity index is 1.56. The van der Waals surface area contributed by atoms with E-state index in [0.717, 1.165) is 5.69 Å². The average molecular weight is 1170 g/mol. The van der Waals surface area contributed by atoms with Crippen molar-refractivity contribution >= 4 is 29.1 Å². The summed E-state index contributed by atoms with van der Waals surface area (Å²) in [7, 11) is 1.77. The number of anilines is 1. The molecule has 0 aromatic heterocycles. The number of amides is 1. The molecule has 2 fully saturated rings. The van der Waals surface area contributed by atoms with E-state index < -0.39 is 160 Å². The van der Waals surface area contributed by atoms with Gasteiger partial charge in [-0.1, -0.05) is 106 Å². The standard InChI is InChI=1S/C62H93N3O18/c1-6-27-65-60(78)55-52(74)37-62(79)36-49(72)32-47(70)30-45(68)28-44(67)29-46(69)31-48(71)34-54(75)82-59(39(3)21-26-43(66)33-51(73)41-22-24-42(64-5)25-23-41)38(2)19-17-15-13-11-9-7-8-10-12-14-16-18-20-50(35-53(55)83-62)81-61-58(77)56(63)57(76)40(4)80-61/h7-20,22-25,38-40,43-45,47-50,52-53,55-59,61,64,66-68,70-72,74,76-77,79H,6,21,26-37,63H2,1-5H3,(H,65,78)/b8-7+,11-9+,12-10+,15-13+,16-14+,19-17+,20-18+/t38?,39?,40-,43?,44?,45?,47?,48?,49?,50?,52?,53?,55?,56+,57-,58+,59?,61+,62?/m1/s1. The number of allylic oxidation sites excluding steroid dienone is 12. The van der Waals surface area contributed by atoms with Crippen LogP contribution in [0, 0.1) is 17.8 Å². The van der Waals surface area contributed by atoms with Crippen LogP contribution in [0.15, 0.2) is 109 Å². The molecule has 3 aliphatic rings. The summed E-state index contributed by atoms with van der Waals surface area (Å²) in [6.45, 7) is 7.38. The maximum Gasteiger partial charge on any atom is 0.308 e. The summed E-state index contributed by atoms with van der Waals surface area (Å²) in [4.78, 5) is 52.9. The number of hydrogen-bond acceptors (Lipinski definition) is 20. The van der Waals surface area contributed by atoms with Gasteiger partial charge in [0, 0.05) is 69.3 Å². The van der Waals surface area contributed by atoms with Crippen molar-refractivity contribution in [1.82, 2.24) is 5.32 Å². The van der Waals surface area contributed by atoms with Gasteiger partial charge < -0.3 is 86.4 Å². The molecule has 4 rings (SSSR count). The maximum atomic E-state index is 13.6. The molecule has 2 bridgehead atoms. The second-order valence-corrected chi connectivity index (χ2v) is 22.4. The molecule has 14 unspecified atom stereocenters. The van der Waals surface area contributed by atoms with Gasteiger partial charge in [0.2, 0.25) is 5.91 Å². The van der Waals surface area contributed by atoms with Gasteiger partial charge in [0.1, 0.15) is 18.0 Å². The van der Waals surface area contributed by atoms with Crippen LogP contribution in [0.1, 0.15) is 122 Å². The number of aliphatic hydroxyl groups is 10. The van der Waals surface area contributed by atoms with E-state index in [9.17, 15) is 70.2 Å². The highest BCUT2D eigenvalue weighted by atomic mass is 16.7. The number of nitrogens with one attached hydrogen (secondary N) is 2. The van der Waals surface area contributed by atoms with E-state index in [-0.39, 0.29) is 56.3 Å². The van der Waals surface area contributed by atoms with Gasteiger partial charge in [-0.25, -0.2) is 0 Å². The zero-order valence-electron chi connectivity index (χ0n) is 48.5. The molecular formula is C62H93N3O18. The second-order valence-electron chi connectivity index (χ2n) is 22.4. The maximum absolute atomic E-state index is 13.6. The van der Waals surface area contributed by atoms with E-state index in [0.29, 0.717) is 18.4 Å². The first-order valence-electron chi connectivity index (χ1n) is 29.0. The fourth-order valence-corrected chi connectivity index (χ4v) is 10.4. The molecular weight excluding hydrogens is 1070 g/mol. The minimum absolute atomic E-state index is 0.101. The third kappa shape index (κ3) is 24.8. The number of carbonyl (C=O) groups is 4. The molecule has 1 amide bonds. The number of nitrogens with two attached hydrogens (primary N) is 1. The number of fused-ring (bicyclic) bond motifs is 2. The van der Waals surface area contributed by atoms with Gasteiger partial charge in [0.05, 0.1) is 85.5 Å². The summed E-state index contributed by atoms with van der Waals surface area (Å²) in [5.74, 6) is -6.39. The van der Waals surface area contributed by atoms with E-state index in [1.54, 1.807) is 117 Å². The van der Waals surface area contributed by atoms with Gasteiger partial charge in [-0.2, -0.15) is 0 Å². The Kier molecular flexibility index (Phi) is 30.6. The summed E-state index contributed by atoms with van der Waals surface area (Å²) in [6, 6.07) is 5.78. The number of ketones is 2. The first-order valence-corrected chi connectivity index (χ1v) is 29.0. The molecule has 21 nitrogen and oxygen atoms in total.